The molecule has 0 aliphatic carbocycles. The average molecular weight is 957 g/mol. The Kier molecular flexibility index (Phi) is 8.46. The van der Waals surface area contributed by atoms with Crippen molar-refractivity contribution in [1.29, 1.82) is 5.26 Å². The molecule has 0 saturated heterocycles. The molecular formula is C68H36N4O3. The number of nitrogens with zero attached hydrogens (tertiary/aromatic N) is 4. The molecule has 11 aromatic carbocycles. The second-order valence-electron chi connectivity index (χ2n) is 19.2. The van der Waals surface area contributed by atoms with Crippen molar-refractivity contribution in [2.75, 3.05) is 0 Å². The maximum Gasteiger partial charge on any atom is 0.220 e. The fourth-order valence-electron chi connectivity index (χ4n) is 12.3. The second-order valence-corrected chi connectivity index (χ2v) is 19.2. The van der Waals surface area contributed by atoms with Crippen LogP contribution in [0.1, 0.15) is 5.56 Å². The fourth-order valence-corrected chi connectivity index (χ4v) is 12.3. The summed E-state index contributed by atoms with van der Waals surface area (Å²) in [5, 5.41) is 21.7. The minimum atomic E-state index is 0.308. The van der Waals surface area contributed by atoms with Gasteiger partial charge in [-0.05, 0) is 53.1 Å². The van der Waals surface area contributed by atoms with Crippen molar-refractivity contribution in [2.45, 2.75) is 0 Å². The molecule has 0 N–H and O–H groups in total. The Hall–Kier alpha value is -10.6. The van der Waals surface area contributed by atoms with Gasteiger partial charge in [0.15, 0.2) is 16.7 Å². The summed E-state index contributed by atoms with van der Waals surface area (Å²) in [5.41, 5.74) is 14.1. The summed E-state index contributed by atoms with van der Waals surface area (Å²) >= 11 is 0. The molecule has 346 valence electrons. The number of hydrogen-bond acceptors (Lipinski definition) is 4. The van der Waals surface area contributed by atoms with E-state index in [0.29, 0.717) is 50.5 Å². The summed E-state index contributed by atoms with van der Waals surface area (Å²) in [6.07, 6.45) is 0. The number of fused-ring (bicyclic) bond motifs is 18. The minimum Gasteiger partial charge on any atom is -0.454 e. The number of furan rings is 3. The number of benzene rings is 11. The van der Waals surface area contributed by atoms with Crippen LogP contribution in [0, 0.1) is 17.9 Å². The van der Waals surface area contributed by atoms with Crippen LogP contribution < -0.4 is 0 Å². The first-order valence-corrected chi connectivity index (χ1v) is 24.9. The first-order chi connectivity index (χ1) is 37.2. The molecule has 7 nitrogen and oxygen atoms in total. The summed E-state index contributed by atoms with van der Waals surface area (Å²) in [5.74, 6) is 0. The third kappa shape index (κ3) is 5.56. The topological polar surface area (TPSA) is 77.4 Å². The van der Waals surface area contributed by atoms with E-state index in [-0.39, 0.29) is 0 Å². The van der Waals surface area contributed by atoms with Crippen molar-refractivity contribution in [2.24, 2.45) is 0 Å². The standard InChI is InChI=1S/C68H36N4O3/c1-70-59-57(40-20-7-3-8-21-40)53(38-69)60(71-54-29-14-11-24-43(54)46-32-37-52-49-28-17-27-42(39-18-5-2-6-19-39)65(49)75-68(52)61(46)71)58(41-22-9-4-10-23-41)64(59)72-62-47(33-35-50-44-25-12-15-30-55(44)73-66(50)62)48-34-36-51-45-26-13-16-31-56(45)74-67(51)63(48)72/h2-37H. The number of aromatic nitrogens is 2. The predicted octanol–water partition coefficient (Wildman–Crippen LogP) is 19.0. The van der Waals surface area contributed by atoms with Crippen LogP contribution in [0.15, 0.2) is 232 Å². The molecule has 5 heterocycles. The van der Waals surface area contributed by atoms with Crippen LogP contribution in [0.3, 0.4) is 0 Å². The van der Waals surface area contributed by atoms with Crippen molar-refractivity contribution < 1.29 is 13.3 Å². The van der Waals surface area contributed by atoms with Crippen LogP contribution in [-0.2, 0) is 0 Å². The van der Waals surface area contributed by atoms with Gasteiger partial charge in [-0.3, -0.25) is 0 Å². The van der Waals surface area contributed by atoms with E-state index >= 15 is 0 Å². The van der Waals surface area contributed by atoms with Gasteiger partial charge in [-0.2, -0.15) is 5.26 Å². The van der Waals surface area contributed by atoms with Crippen LogP contribution in [-0.4, -0.2) is 9.13 Å². The van der Waals surface area contributed by atoms with Crippen molar-refractivity contribution in [3.63, 3.8) is 0 Å². The maximum absolute atomic E-state index is 12.2. The van der Waals surface area contributed by atoms with Crippen molar-refractivity contribution in [1.82, 2.24) is 9.13 Å². The Morgan fingerprint density at radius 3 is 1.39 bits per heavy atom. The van der Waals surface area contributed by atoms with Crippen molar-refractivity contribution >= 4 is 115 Å². The van der Waals surface area contributed by atoms with Crippen molar-refractivity contribution in [3.8, 4) is 50.8 Å². The van der Waals surface area contributed by atoms with Crippen LogP contribution in [0.4, 0.5) is 5.69 Å². The lowest BCUT2D eigenvalue weighted by Gasteiger charge is -2.25. The molecular weight excluding hydrogens is 921 g/mol. The lowest BCUT2D eigenvalue weighted by molar-refractivity contribution is 0.669. The molecule has 16 rings (SSSR count). The first kappa shape index (κ1) is 41.1. The normalized spacial score (nSPS) is 12.0. The highest BCUT2D eigenvalue weighted by Crippen LogP contribution is 2.55. The van der Waals surface area contributed by atoms with E-state index in [9.17, 15) is 11.8 Å². The van der Waals surface area contributed by atoms with E-state index in [4.69, 9.17) is 13.3 Å². The van der Waals surface area contributed by atoms with Gasteiger partial charge < -0.3 is 22.4 Å². The molecule has 16 aromatic rings. The number of rotatable bonds is 5. The van der Waals surface area contributed by atoms with Gasteiger partial charge in [-0.25, -0.2) is 4.85 Å². The van der Waals surface area contributed by atoms with E-state index in [0.717, 1.165) is 115 Å². The minimum absolute atomic E-state index is 0.308. The van der Waals surface area contributed by atoms with Gasteiger partial charge in [-0.15, -0.1) is 0 Å². The highest BCUT2D eigenvalue weighted by molar-refractivity contribution is 6.28. The molecule has 75 heavy (non-hydrogen) atoms. The Balaban J connectivity index is 1.19. The third-order valence-electron chi connectivity index (χ3n) is 15.4. The summed E-state index contributed by atoms with van der Waals surface area (Å²) in [6, 6.07) is 77.1. The molecule has 0 bridgehead atoms. The van der Waals surface area contributed by atoms with Gasteiger partial charge in [0.1, 0.15) is 22.8 Å². The molecule has 0 atom stereocenters. The highest BCUT2D eigenvalue weighted by Gasteiger charge is 2.34. The summed E-state index contributed by atoms with van der Waals surface area (Å²) in [6.45, 7) is 9.53. The first-order valence-electron chi connectivity index (χ1n) is 24.9. The zero-order valence-electron chi connectivity index (χ0n) is 39.8. The summed E-state index contributed by atoms with van der Waals surface area (Å²) in [4.78, 5) is 4.61. The Morgan fingerprint density at radius 1 is 0.360 bits per heavy atom. The number of hydrogen-bond donors (Lipinski definition) is 0. The molecule has 0 radical (unpaired) electrons. The zero-order valence-corrected chi connectivity index (χ0v) is 39.8. The lowest BCUT2D eigenvalue weighted by atomic mass is 9.88. The predicted molar refractivity (Wildman–Crippen MR) is 304 cm³/mol. The smallest absolute Gasteiger partial charge is 0.220 e. The summed E-state index contributed by atoms with van der Waals surface area (Å²) < 4.78 is 25.9. The van der Waals surface area contributed by atoms with Gasteiger partial charge in [0.25, 0.3) is 0 Å². The summed E-state index contributed by atoms with van der Waals surface area (Å²) in [7, 11) is 0. The van der Waals surface area contributed by atoms with E-state index in [2.05, 4.69) is 129 Å². The number of nitriles is 1. The van der Waals surface area contributed by atoms with Gasteiger partial charge >= 0.3 is 0 Å². The van der Waals surface area contributed by atoms with Crippen LogP contribution >= 0.6 is 0 Å². The highest BCUT2D eigenvalue weighted by atomic mass is 16.3. The van der Waals surface area contributed by atoms with E-state index in [1.54, 1.807) is 0 Å². The molecule has 7 heteroatoms. The number of para-hydroxylation sites is 4. The monoisotopic (exact) mass is 956 g/mol. The lowest BCUT2D eigenvalue weighted by Crippen LogP contribution is -2.09. The van der Waals surface area contributed by atoms with Gasteiger partial charge in [0, 0.05) is 70.6 Å². The van der Waals surface area contributed by atoms with Gasteiger partial charge in [-0.1, -0.05) is 182 Å². The third-order valence-corrected chi connectivity index (χ3v) is 15.4. The van der Waals surface area contributed by atoms with E-state index < -0.39 is 0 Å². The molecule has 0 spiro atoms. The Bertz CT molecular complexity index is 5070. The molecule has 0 saturated carbocycles. The molecule has 0 aliphatic rings. The second kappa shape index (κ2) is 15.5. The Morgan fingerprint density at radius 2 is 0.800 bits per heavy atom. The fraction of sp³-hybridized carbons (Fsp3) is 0. The SMILES string of the molecule is [C-]#[N+]c1c(-c2ccccc2)c(C#N)c(-n2c3ccccc3c3ccc4c5cccc(-c6ccccc6)c5oc4c32)c(-c2ccccc2)c1-n1c2c(ccc3c4ccccc4oc32)c2ccc3c4ccccc4oc3c21. The van der Waals surface area contributed by atoms with Crippen LogP contribution in [0.2, 0.25) is 0 Å². The average Bonchev–Trinajstić information content (AvgIpc) is 4.37. The zero-order chi connectivity index (χ0) is 49.5. The van der Waals surface area contributed by atoms with Gasteiger partial charge in [0.2, 0.25) is 5.69 Å². The molecule has 0 aliphatic heterocycles. The largest absolute Gasteiger partial charge is 0.454 e. The molecule has 5 aromatic heterocycles. The quantitative estimate of drug-likeness (QED) is 0.161. The van der Waals surface area contributed by atoms with E-state index in [1.165, 1.54) is 0 Å². The molecule has 0 unspecified atom stereocenters. The van der Waals surface area contributed by atoms with Crippen molar-refractivity contribution in [3.05, 3.63) is 235 Å². The van der Waals surface area contributed by atoms with Crippen LogP contribution in [0.5, 0.6) is 0 Å². The molecule has 0 amide bonds. The maximum atomic E-state index is 12.2. The van der Waals surface area contributed by atoms with Crippen LogP contribution in [0.25, 0.3) is 159 Å². The van der Waals surface area contributed by atoms with Gasteiger partial charge in [0.05, 0.1) is 45.6 Å². The Labute approximate surface area is 426 Å². The van der Waals surface area contributed by atoms with E-state index in [1.807, 2.05) is 109 Å². The molecule has 0 fully saturated rings.